The van der Waals surface area contributed by atoms with Crippen LogP contribution in [-0.4, -0.2) is 211 Å². The first-order valence-corrected chi connectivity index (χ1v) is 41.5. The number of ether oxygens (including phenoxy) is 7. The Balaban J connectivity index is 0.000000227. The van der Waals surface area contributed by atoms with E-state index < -0.39 is 66.3 Å². The minimum Gasteiger partial charge on any atom is -0.490 e. The van der Waals surface area contributed by atoms with Crippen molar-refractivity contribution in [1.29, 1.82) is 0 Å². The molecular formula is C98H92N6O25S2. The first-order valence-electron chi connectivity index (χ1n) is 39.9. The van der Waals surface area contributed by atoms with Crippen molar-refractivity contribution in [2.24, 2.45) is 0 Å². The molecule has 2 atom stereocenters. The predicted molar refractivity (Wildman–Crippen MR) is 495 cm³/mol. The van der Waals surface area contributed by atoms with Crippen LogP contribution in [0.3, 0.4) is 0 Å². The highest BCUT2D eigenvalue weighted by molar-refractivity contribution is 7.25. The molecule has 33 heteroatoms. The molecule has 2 unspecified atom stereocenters. The van der Waals surface area contributed by atoms with E-state index in [-0.39, 0.29) is 123 Å². The van der Waals surface area contributed by atoms with Crippen LogP contribution in [0.4, 0.5) is 5.69 Å². The zero-order valence-corrected chi connectivity index (χ0v) is 72.4. The van der Waals surface area contributed by atoms with Crippen molar-refractivity contribution < 1.29 is 111 Å². The summed E-state index contributed by atoms with van der Waals surface area (Å²) < 4.78 is 40.1. The number of carbonyl (C=O) groups excluding carboxylic acids is 14. The Kier molecular flexibility index (Phi) is 41.4. The second kappa shape index (κ2) is 53.0. The van der Waals surface area contributed by atoms with Gasteiger partial charge in [-0.1, -0.05) is 131 Å². The van der Waals surface area contributed by atoms with Gasteiger partial charge >= 0.3 is 23.9 Å². The smallest absolute Gasteiger partial charge is 0.335 e. The number of β-amino-alcohol motifs (C(OH)–C–C–N with tert-alkyl or cyclic N) is 1. The minimum absolute atomic E-state index is 0. The highest BCUT2D eigenvalue weighted by Crippen LogP contribution is 2.29. The van der Waals surface area contributed by atoms with Crippen molar-refractivity contribution in [3.8, 4) is 17.2 Å². The molecule has 4 heterocycles. The maximum Gasteiger partial charge on any atom is 0.335 e. The number of esters is 4. The molecule has 2 aromatic heterocycles. The van der Waals surface area contributed by atoms with E-state index >= 15 is 0 Å². The quantitative estimate of drug-likeness (QED) is 0.00613. The Morgan fingerprint density at radius 2 is 0.893 bits per heavy atom. The van der Waals surface area contributed by atoms with Crippen LogP contribution >= 0.6 is 22.7 Å². The molecule has 5 N–H and O–H groups in total. The van der Waals surface area contributed by atoms with Gasteiger partial charge in [-0.2, -0.15) is 0 Å². The Bertz CT molecular complexity index is 5900. The van der Waals surface area contributed by atoms with Crippen molar-refractivity contribution in [3.05, 3.63) is 350 Å². The molecule has 8 amide bonds. The average Bonchev–Trinajstić information content (AvgIpc) is 1.18. The van der Waals surface area contributed by atoms with E-state index in [2.05, 4.69) is 56.7 Å². The van der Waals surface area contributed by atoms with Gasteiger partial charge in [0.1, 0.15) is 37.0 Å². The maximum atomic E-state index is 12.5. The fourth-order valence-electron chi connectivity index (χ4n) is 11.8. The first kappa shape index (κ1) is 102. The number of imide groups is 2. The fourth-order valence-corrected chi connectivity index (χ4v) is 13.9. The monoisotopic (exact) mass is 1820 g/mol. The molecule has 676 valence electrons. The molecule has 2 aliphatic rings. The maximum absolute atomic E-state index is 12.5. The third-order valence-corrected chi connectivity index (χ3v) is 20.6. The molecule has 12 rings (SSSR count). The summed E-state index contributed by atoms with van der Waals surface area (Å²) in [5.41, 5.74) is 2.63. The molecule has 131 heavy (non-hydrogen) atoms. The van der Waals surface area contributed by atoms with Gasteiger partial charge in [0.2, 0.25) is 23.6 Å². The summed E-state index contributed by atoms with van der Waals surface area (Å²) in [5.74, 6) is -4.88. The number of rotatable bonds is 39. The fraction of sp³-hybridized carbons (Fsp3) is 0.163. The lowest BCUT2D eigenvalue weighted by atomic mass is 10.0. The first-order chi connectivity index (χ1) is 62.7. The molecule has 2 aliphatic heterocycles. The number of hydrogen-bond acceptors (Lipinski definition) is 26. The van der Waals surface area contributed by atoms with Crippen molar-refractivity contribution in [1.82, 2.24) is 24.9 Å². The average molecular weight is 1820 g/mol. The van der Waals surface area contributed by atoms with Gasteiger partial charge in [0.05, 0.1) is 32.5 Å². The van der Waals surface area contributed by atoms with Crippen LogP contribution in [-0.2, 0) is 76.5 Å². The van der Waals surface area contributed by atoms with E-state index in [1.165, 1.54) is 51.5 Å². The Hall–Kier alpha value is -15.8. The van der Waals surface area contributed by atoms with E-state index in [1.54, 1.807) is 133 Å². The van der Waals surface area contributed by atoms with Gasteiger partial charge < -0.3 is 64.2 Å². The topological polar surface area (TPSA) is 426 Å². The summed E-state index contributed by atoms with van der Waals surface area (Å²) >= 11 is 3.10. The summed E-state index contributed by atoms with van der Waals surface area (Å²) in [7, 11) is 0. The molecule has 0 saturated heterocycles. The standard InChI is InChI=1S/C28H29N3O6.C22H20O6.C16H20N2O7.C16H11NO2S.C16H10O3S.H2O/c1-4-24(32)29-16-17-30(25(33)5-2)18-19-31(26(34)6-3)20-27(35)37-23-14-12-22(13-15-23)28(36)21-10-8-7-9-11-21;1-3-20(23)27-15-19(28-21(24)4-2)14-26-18-12-10-17(11-13-18)22(25)16-8-6-5-7-9-16;19-12(10-18-15(22)4-5-16(18)23)11-25-9-8-24-7-1-6-17-13(20)2-3-14(17)21;1-2-15(18)17-10-7-8-14-12(9-10)16(19)11-5-3-4-6-13(11)20-14;1-2-15(17)19-10-7-8-14-12(9-10)16(18)11-5-3-4-6-13(11)20-14;/h4-15H,1-3,16-20H2,(H,29,32);3-13,19H,1-2,14-15H2;2-5,12,19H,1,6-11H2;2-9H,1H2,(H,17,18);2-9H,1H2;1H2. The number of nitrogens with one attached hydrogen (secondary N) is 2. The summed E-state index contributed by atoms with van der Waals surface area (Å²) in [6, 6.07) is 55.8. The van der Waals surface area contributed by atoms with E-state index in [0.29, 0.717) is 80.6 Å². The summed E-state index contributed by atoms with van der Waals surface area (Å²) in [6.07, 6.45) is 11.1. The minimum atomic E-state index is -0.965. The Morgan fingerprint density at radius 3 is 1.43 bits per heavy atom. The van der Waals surface area contributed by atoms with Crippen LogP contribution in [0.1, 0.15) is 38.3 Å². The molecule has 0 saturated carbocycles. The second-order valence-corrected chi connectivity index (χ2v) is 29.5. The Labute approximate surface area is 759 Å². The zero-order chi connectivity index (χ0) is 94.0. The van der Waals surface area contributed by atoms with Crippen molar-refractivity contribution >= 4 is 151 Å². The highest BCUT2D eigenvalue weighted by Gasteiger charge is 2.27. The van der Waals surface area contributed by atoms with E-state index in [1.807, 2.05) is 60.7 Å². The number of ketones is 2. The van der Waals surface area contributed by atoms with Gasteiger partial charge in [0.25, 0.3) is 23.6 Å². The third-order valence-electron chi connectivity index (χ3n) is 18.3. The van der Waals surface area contributed by atoms with Crippen LogP contribution in [0, 0.1) is 0 Å². The van der Waals surface area contributed by atoms with Gasteiger partial charge in [-0.15, -0.1) is 22.7 Å². The number of fused-ring (bicyclic) bond motifs is 4. The zero-order valence-electron chi connectivity index (χ0n) is 70.8. The molecule has 0 bridgehead atoms. The number of carbonyl (C=O) groups is 14. The number of anilines is 1. The number of aliphatic hydroxyl groups is 1. The number of amides is 8. The van der Waals surface area contributed by atoms with E-state index in [9.17, 15) is 81.8 Å². The Morgan fingerprint density at radius 1 is 0.427 bits per heavy atom. The lowest BCUT2D eigenvalue weighted by Crippen LogP contribution is -2.45. The van der Waals surface area contributed by atoms with E-state index in [4.69, 9.17) is 33.2 Å². The predicted octanol–water partition coefficient (Wildman–Crippen LogP) is 10.1. The normalized spacial score (nSPS) is 11.9. The van der Waals surface area contributed by atoms with Crippen LogP contribution in [0.2, 0.25) is 0 Å². The number of benzene rings is 8. The number of aliphatic hydroxyl groups excluding tert-OH is 1. The molecule has 0 fully saturated rings. The molecule has 0 spiro atoms. The van der Waals surface area contributed by atoms with Gasteiger partial charge in [-0.3, -0.25) is 67.3 Å². The van der Waals surface area contributed by atoms with Crippen LogP contribution in [0.5, 0.6) is 17.2 Å². The molecular weight excluding hydrogens is 1730 g/mol. The number of nitrogens with zero attached hydrogens (tertiary/aromatic N) is 4. The van der Waals surface area contributed by atoms with Crippen LogP contribution in [0.15, 0.2) is 317 Å². The second-order valence-electron chi connectivity index (χ2n) is 27.3. The third kappa shape index (κ3) is 31.9. The highest BCUT2D eigenvalue weighted by atomic mass is 32.1. The van der Waals surface area contributed by atoms with Crippen molar-refractivity contribution in [2.45, 2.75) is 18.6 Å². The largest absolute Gasteiger partial charge is 0.490 e. The van der Waals surface area contributed by atoms with Crippen molar-refractivity contribution in [3.63, 3.8) is 0 Å². The van der Waals surface area contributed by atoms with Crippen molar-refractivity contribution in [2.75, 3.05) is 90.8 Å². The van der Waals surface area contributed by atoms with Gasteiger partial charge in [0.15, 0.2) is 28.5 Å². The lowest BCUT2D eigenvalue weighted by Gasteiger charge is -2.26. The summed E-state index contributed by atoms with van der Waals surface area (Å²) in [6.45, 7) is 24.5. The van der Waals surface area contributed by atoms with Crippen LogP contribution in [0.25, 0.3) is 40.3 Å². The summed E-state index contributed by atoms with van der Waals surface area (Å²) in [5, 5.41) is 17.5. The van der Waals surface area contributed by atoms with Gasteiger partial charge in [-0.05, 0) is 140 Å². The number of hydrogen-bond donors (Lipinski definition) is 3. The molecule has 10 aromatic rings. The summed E-state index contributed by atoms with van der Waals surface area (Å²) in [4.78, 5) is 193. The van der Waals surface area contributed by atoms with E-state index in [0.717, 1.165) is 77.2 Å². The molecule has 8 aromatic carbocycles. The molecule has 0 aliphatic carbocycles. The SMILES string of the molecule is C=CC(=O)NCCN(CCN(CC(=O)Oc1ccc(C(=O)c2ccccc2)cc1)C(=O)C=C)C(=O)C=C.C=CC(=O)Nc1ccc2sc3ccccc3c(=O)c2c1.C=CC(=O)OCC(COc1ccc(C(=O)c2ccccc2)cc1)OC(=O)C=C.C=CC(=O)Oc1ccc2sc3ccccc3c(=O)c2c1.O.O=C1C=CC(=O)N1CCCOCCOCC(O)CN1C(=O)C=CC1=O. The van der Waals surface area contributed by atoms with Gasteiger partial charge in [0, 0.05) is 150 Å². The van der Waals surface area contributed by atoms with Gasteiger partial charge in [-0.25, -0.2) is 19.2 Å². The lowest BCUT2D eigenvalue weighted by molar-refractivity contribution is -0.154. The van der Waals surface area contributed by atoms with Crippen LogP contribution < -0.4 is 35.7 Å². The molecule has 0 radical (unpaired) electrons. The molecule has 31 nitrogen and oxygen atoms in total.